The van der Waals surface area contributed by atoms with Crippen molar-refractivity contribution in [2.75, 3.05) is 13.1 Å². The number of halogens is 1. The summed E-state index contributed by atoms with van der Waals surface area (Å²) in [4.78, 5) is 0. The third kappa shape index (κ3) is 3.45. The second-order valence-electron chi connectivity index (χ2n) is 8.02. The zero-order valence-electron chi connectivity index (χ0n) is 16.6. The van der Waals surface area contributed by atoms with E-state index < -0.39 is 0 Å². The van der Waals surface area contributed by atoms with E-state index in [-0.39, 0.29) is 6.23 Å². The number of hydrogen-bond acceptors (Lipinski definition) is 2. The minimum atomic E-state index is 0.177. The van der Waals surface area contributed by atoms with Gasteiger partial charge in [-0.15, -0.1) is 0 Å². The second-order valence-corrected chi connectivity index (χ2v) is 8.93. The van der Waals surface area contributed by atoms with Crippen molar-refractivity contribution in [2.24, 2.45) is 0 Å². The predicted molar refractivity (Wildman–Crippen MR) is 121 cm³/mol. The molecule has 3 aromatic carbocycles. The highest BCUT2D eigenvalue weighted by Gasteiger charge is 2.42. The Kier molecular flexibility index (Phi) is 4.84. The summed E-state index contributed by atoms with van der Waals surface area (Å²) in [6.07, 6.45) is 2.47. The molecule has 2 unspecified atom stereocenters. The van der Waals surface area contributed by atoms with Crippen LogP contribution < -0.4 is 4.74 Å². The van der Waals surface area contributed by atoms with Crippen molar-refractivity contribution in [1.82, 2.24) is 0 Å². The van der Waals surface area contributed by atoms with Gasteiger partial charge in [0.2, 0.25) is 6.23 Å². The first-order valence-electron chi connectivity index (χ1n) is 10.3. The smallest absolute Gasteiger partial charge is 0.234 e. The summed E-state index contributed by atoms with van der Waals surface area (Å²) in [7, 11) is 0. The molecule has 1 aliphatic rings. The molecule has 0 aliphatic carbocycles. The molecule has 0 amide bonds. The van der Waals surface area contributed by atoms with Crippen LogP contribution >= 0.6 is 15.9 Å². The molecule has 1 fully saturated rings. The highest BCUT2D eigenvalue weighted by molar-refractivity contribution is 9.10. The number of fused-ring (bicyclic) bond motifs is 3. The van der Waals surface area contributed by atoms with Crippen molar-refractivity contribution in [1.29, 1.82) is 0 Å². The lowest BCUT2D eigenvalue weighted by Gasteiger charge is -2.38. The Hall–Kier alpha value is -2.30. The molecule has 1 aliphatic heterocycles. The van der Waals surface area contributed by atoms with Crippen LogP contribution in [0.5, 0.6) is 5.75 Å². The van der Waals surface area contributed by atoms with Gasteiger partial charge in [0.25, 0.3) is 0 Å². The number of quaternary nitrogens is 1. The third-order valence-electron chi connectivity index (χ3n) is 6.31. The van der Waals surface area contributed by atoms with Crippen LogP contribution in [-0.4, -0.2) is 23.8 Å². The number of rotatable bonds is 5. The molecule has 0 bridgehead atoms. The lowest BCUT2D eigenvalue weighted by Crippen LogP contribution is -2.53. The minimum Gasteiger partial charge on any atom is -0.456 e. The van der Waals surface area contributed by atoms with Gasteiger partial charge in [0, 0.05) is 39.7 Å². The predicted octanol–water partition coefficient (Wildman–Crippen LogP) is 6.88. The van der Waals surface area contributed by atoms with Crippen LogP contribution in [0, 0.1) is 0 Å². The number of likely N-dealkylation sites (tertiary alicyclic amines) is 1. The summed E-state index contributed by atoms with van der Waals surface area (Å²) in [5.41, 5.74) is 3.16. The fourth-order valence-corrected chi connectivity index (χ4v) is 5.07. The monoisotopic (exact) mass is 450 g/mol. The van der Waals surface area contributed by atoms with E-state index in [1.807, 2.05) is 6.07 Å². The summed E-state index contributed by atoms with van der Waals surface area (Å²) < 4.78 is 14.7. The molecule has 3 nitrogen and oxygen atoms in total. The van der Waals surface area contributed by atoms with Crippen molar-refractivity contribution in [3.8, 4) is 5.75 Å². The molecule has 5 rings (SSSR count). The summed E-state index contributed by atoms with van der Waals surface area (Å²) in [6.45, 7) is 5.53. The van der Waals surface area contributed by atoms with E-state index in [0.29, 0.717) is 0 Å². The number of hydrogen-bond donors (Lipinski definition) is 0. The quantitative estimate of drug-likeness (QED) is 0.309. The molecule has 1 saturated heterocycles. The van der Waals surface area contributed by atoms with Crippen molar-refractivity contribution in [3.63, 3.8) is 0 Å². The fraction of sp³-hybridized carbons (Fsp3) is 0.280. The molecule has 0 saturated carbocycles. The molecule has 2 atom stereocenters. The van der Waals surface area contributed by atoms with E-state index in [0.717, 1.165) is 62.7 Å². The average Bonchev–Trinajstić information content (AvgIpc) is 3.29. The topological polar surface area (TPSA) is 22.4 Å². The van der Waals surface area contributed by atoms with Gasteiger partial charge < -0.3 is 9.15 Å². The molecule has 0 spiro atoms. The zero-order valence-corrected chi connectivity index (χ0v) is 18.2. The third-order valence-corrected chi connectivity index (χ3v) is 6.81. The maximum absolute atomic E-state index is 6.59. The molecular weight excluding hydrogens is 426 g/mol. The standard InChI is InChI=1S/C25H25BrNO2/c1-2-27(17-18-7-4-3-5-8-18)14-6-9-25(27)28-20-11-13-22-21-12-10-19(26)15-23(21)29-24(22)16-20/h3-5,7-8,10-13,15-16,25H,2,6,9,14,17H2,1H3/q+1. The number of ether oxygens (including phenoxy) is 1. The highest BCUT2D eigenvalue weighted by atomic mass is 79.9. The molecule has 1 aromatic heterocycles. The van der Waals surface area contributed by atoms with Gasteiger partial charge in [-0.25, -0.2) is 0 Å². The van der Waals surface area contributed by atoms with E-state index in [1.54, 1.807) is 0 Å². The first-order chi connectivity index (χ1) is 14.2. The fourth-order valence-electron chi connectivity index (χ4n) is 4.73. The Bertz CT molecular complexity index is 1150. The lowest BCUT2D eigenvalue weighted by molar-refractivity contribution is -0.966. The summed E-state index contributed by atoms with van der Waals surface area (Å²) >= 11 is 3.52. The Labute approximate surface area is 179 Å². The SMILES string of the molecule is CC[N+]1(Cc2ccccc2)CCCC1Oc1ccc2c(c1)oc1cc(Br)ccc12. The van der Waals surface area contributed by atoms with E-state index in [9.17, 15) is 0 Å². The largest absolute Gasteiger partial charge is 0.456 e. The molecule has 2 heterocycles. The van der Waals surface area contributed by atoms with Gasteiger partial charge in [0.1, 0.15) is 23.5 Å². The summed E-state index contributed by atoms with van der Waals surface area (Å²) in [5.74, 6) is 0.895. The van der Waals surface area contributed by atoms with Crippen molar-refractivity contribution in [3.05, 3.63) is 76.8 Å². The molecule has 0 N–H and O–H groups in total. The van der Waals surface area contributed by atoms with Crippen LogP contribution in [0.25, 0.3) is 21.9 Å². The average molecular weight is 451 g/mol. The van der Waals surface area contributed by atoms with Crippen molar-refractivity contribution >= 4 is 37.9 Å². The number of furan rings is 1. The first-order valence-corrected chi connectivity index (χ1v) is 11.1. The normalized spacial score (nSPS) is 21.8. The van der Waals surface area contributed by atoms with Crippen molar-refractivity contribution < 1.29 is 13.6 Å². The van der Waals surface area contributed by atoms with Gasteiger partial charge in [0.15, 0.2) is 0 Å². The van der Waals surface area contributed by atoms with Gasteiger partial charge in [-0.3, -0.25) is 4.48 Å². The van der Waals surface area contributed by atoms with E-state index in [2.05, 4.69) is 83.5 Å². The van der Waals surface area contributed by atoms with Gasteiger partial charge >= 0.3 is 0 Å². The van der Waals surface area contributed by atoms with Crippen LogP contribution in [0.2, 0.25) is 0 Å². The second kappa shape index (κ2) is 7.51. The minimum absolute atomic E-state index is 0.177. The Balaban J connectivity index is 1.44. The van der Waals surface area contributed by atoms with Crippen LogP contribution in [0.4, 0.5) is 0 Å². The zero-order chi connectivity index (χ0) is 19.8. The Morgan fingerprint density at radius 1 is 1.00 bits per heavy atom. The molecule has 0 radical (unpaired) electrons. The molecule has 29 heavy (non-hydrogen) atoms. The van der Waals surface area contributed by atoms with Gasteiger partial charge in [-0.1, -0.05) is 46.3 Å². The molecule has 4 heteroatoms. The van der Waals surface area contributed by atoms with Crippen LogP contribution in [-0.2, 0) is 6.54 Å². The maximum Gasteiger partial charge on any atom is 0.234 e. The summed E-state index contributed by atoms with van der Waals surface area (Å²) in [5, 5.41) is 2.27. The molecule has 4 aromatic rings. The number of nitrogens with zero attached hydrogens (tertiary/aromatic N) is 1. The molecular formula is C25H25BrNO2+. The number of benzene rings is 3. The van der Waals surface area contributed by atoms with Crippen LogP contribution in [0.1, 0.15) is 25.3 Å². The van der Waals surface area contributed by atoms with Gasteiger partial charge in [0.05, 0.1) is 13.1 Å². The van der Waals surface area contributed by atoms with Crippen LogP contribution in [0.15, 0.2) is 75.6 Å². The Morgan fingerprint density at radius 2 is 1.76 bits per heavy atom. The van der Waals surface area contributed by atoms with Crippen LogP contribution in [0.3, 0.4) is 0 Å². The van der Waals surface area contributed by atoms with E-state index >= 15 is 0 Å². The van der Waals surface area contributed by atoms with E-state index in [1.165, 1.54) is 12.0 Å². The lowest BCUT2D eigenvalue weighted by atomic mass is 10.1. The molecule has 148 valence electrons. The van der Waals surface area contributed by atoms with Crippen molar-refractivity contribution in [2.45, 2.75) is 32.5 Å². The van der Waals surface area contributed by atoms with Gasteiger partial charge in [-0.2, -0.15) is 0 Å². The van der Waals surface area contributed by atoms with Gasteiger partial charge in [-0.05, 0) is 37.3 Å². The highest BCUT2D eigenvalue weighted by Crippen LogP contribution is 2.36. The Morgan fingerprint density at radius 3 is 2.55 bits per heavy atom. The maximum atomic E-state index is 6.59. The first kappa shape index (κ1) is 18.7. The van der Waals surface area contributed by atoms with E-state index in [4.69, 9.17) is 9.15 Å². The summed E-state index contributed by atoms with van der Waals surface area (Å²) in [6, 6.07) is 23.2.